The van der Waals surface area contributed by atoms with Crippen LogP contribution in [0.3, 0.4) is 0 Å². The van der Waals surface area contributed by atoms with Crippen molar-refractivity contribution in [2.24, 2.45) is 4.99 Å². The molecule has 0 aliphatic rings. The molecular formula is C22H28IN5O. The smallest absolute Gasteiger partial charge is 0.193 e. The molecule has 0 aliphatic heterocycles. The Kier molecular flexibility index (Phi) is 8.98. The SMILES string of the molecule is CN=C(NCc1cccc(Cn2ccnc2)c1)N(C)Cc1ccc(OC)cc1.I. The van der Waals surface area contributed by atoms with Crippen molar-refractivity contribution < 1.29 is 4.74 Å². The maximum Gasteiger partial charge on any atom is 0.193 e. The lowest BCUT2D eigenvalue weighted by atomic mass is 10.1. The fourth-order valence-electron chi connectivity index (χ4n) is 3.07. The number of guanidine groups is 1. The van der Waals surface area contributed by atoms with Crippen molar-refractivity contribution in [3.8, 4) is 5.75 Å². The minimum Gasteiger partial charge on any atom is -0.497 e. The van der Waals surface area contributed by atoms with Crippen molar-refractivity contribution in [2.75, 3.05) is 21.2 Å². The highest BCUT2D eigenvalue weighted by Crippen LogP contribution is 2.13. The van der Waals surface area contributed by atoms with Crippen molar-refractivity contribution in [1.29, 1.82) is 0 Å². The number of halogens is 1. The first kappa shape index (κ1) is 22.7. The summed E-state index contributed by atoms with van der Waals surface area (Å²) in [6.07, 6.45) is 5.61. The summed E-state index contributed by atoms with van der Waals surface area (Å²) in [5.74, 6) is 1.72. The second kappa shape index (κ2) is 11.5. The van der Waals surface area contributed by atoms with E-state index < -0.39 is 0 Å². The molecule has 0 amide bonds. The van der Waals surface area contributed by atoms with Crippen LogP contribution in [0.1, 0.15) is 16.7 Å². The van der Waals surface area contributed by atoms with Gasteiger partial charge in [-0.3, -0.25) is 4.99 Å². The van der Waals surface area contributed by atoms with Gasteiger partial charge in [0, 0.05) is 46.1 Å². The molecule has 0 saturated heterocycles. The average molecular weight is 505 g/mol. The van der Waals surface area contributed by atoms with E-state index in [0.29, 0.717) is 0 Å². The fraction of sp³-hybridized carbons (Fsp3) is 0.273. The summed E-state index contributed by atoms with van der Waals surface area (Å²) in [6.45, 7) is 2.31. The lowest BCUT2D eigenvalue weighted by molar-refractivity contribution is 0.414. The average Bonchev–Trinajstić information content (AvgIpc) is 3.22. The number of hydrogen-bond acceptors (Lipinski definition) is 3. The molecule has 3 aromatic rings. The molecular weight excluding hydrogens is 477 g/mol. The first-order valence-corrected chi connectivity index (χ1v) is 9.26. The van der Waals surface area contributed by atoms with Crippen molar-refractivity contribution in [2.45, 2.75) is 19.6 Å². The molecule has 0 unspecified atom stereocenters. The maximum atomic E-state index is 5.22. The van der Waals surface area contributed by atoms with Crippen molar-refractivity contribution >= 4 is 29.9 Å². The first-order chi connectivity index (χ1) is 13.7. The summed E-state index contributed by atoms with van der Waals surface area (Å²) in [5, 5.41) is 3.45. The maximum absolute atomic E-state index is 5.22. The summed E-state index contributed by atoms with van der Waals surface area (Å²) >= 11 is 0. The summed E-state index contributed by atoms with van der Waals surface area (Å²) in [6, 6.07) is 16.7. The predicted octanol–water partition coefficient (Wildman–Crippen LogP) is 3.77. The molecule has 154 valence electrons. The normalized spacial score (nSPS) is 10.9. The number of hydrogen-bond donors (Lipinski definition) is 1. The van der Waals surface area contributed by atoms with Gasteiger partial charge in [-0.1, -0.05) is 36.4 Å². The van der Waals surface area contributed by atoms with E-state index in [2.05, 4.69) is 61.2 Å². The van der Waals surface area contributed by atoms with Crippen molar-refractivity contribution in [1.82, 2.24) is 19.8 Å². The van der Waals surface area contributed by atoms with Gasteiger partial charge in [0.2, 0.25) is 0 Å². The molecule has 0 atom stereocenters. The lowest BCUT2D eigenvalue weighted by Gasteiger charge is -2.22. The van der Waals surface area contributed by atoms with Crippen molar-refractivity contribution in [3.63, 3.8) is 0 Å². The Morgan fingerprint density at radius 3 is 2.55 bits per heavy atom. The Morgan fingerprint density at radius 1 is 1.14 bits per heavy atom. The minimum atomic E-state index is 0. The van der Waals surface area contributed by atoms with Crippen LogP contribution in [0.2, 0.25) is 0 Å². The van der Waals surface area contributed by atoms with Crippen LogP contribution in [-0.4, -0.2) is 41.6 Å². The molecule has 1 aromatic heterocycles. The molecule has 2 aromatic carbocycles. The van der Waals surface area contributed by atoms with Crippen molar-refractivity contribution in [3.05, 3.63) is 83.9 Å². The van der Waals surface area contributed by atoms with Crippen LogP contribution in [0, 0.1) is 0 Å². The number of nitrogens with zero attached hydrogens (tertiary/aromatic N) is 4. The Hall–Kier alpha value is -2.55. The molecule has 0 fully saturated rings. The topological polar surface area (TPSA) is 54.7 Å². The third kappa shape index (κ3) is 6.77. The van der Waals surface area contributed by atoms with E-state index in [-0.39, 0.29) is 24.0 Å². The number of imidazole rings is 1. The number of ether oxygens (including phenoxy) is 1. The first-order valence-electron chi connectivity index (χ1n) is 9.26. The lowest BCUT2D eigenvalue weighted by Crippen LogP contribution is -2.38. The molecule has 0 saturated carbocycles. The van der Waals surface area contributed by atoms with Crippen LogP contribution in [0.25, 0.3) is 0 Å². The van der Waals surface area contributed by atoms with Crippen LogP contribution in [-0.2, 0) is 19.6 Å². The molecule has 29 heavy (non-hydrogen) atoms. The highest BCUT2D eigenvalue weighted by atomic mass is 127. The van der Waals surface area contributed by atoms with Gasteiger partial charge < -0.3 is 19.5 Å². The van der Waals surface area contributed by atoms with Crippen LogP contribution < -0.4 is 10.1 Å². The molecule has 1 N–H and O–H groups in total. The second-order valence-corrected chi connectivity index (χ2v) is 6.66. The molecule has 0 radical (unpaired) electrons. The number of benzene rings is 2. The highest BCUT2D eigenvalue weighted by molar-refractivity contribution is 14.0. The van der Waals surface area contributed by atoms with Crippen LogP contribution in [0.4, 0.5) is 0 Å². The Morgan fingerprint density at radius 2 is 1.90 bits per heavy atom. The number of aromatic nitrogens is 2. The third-order valence-electron chi connectivity index (χ3n) is 4.52. The van der Waals surface area contributed by atoms with E-state index in [9.17, 15) is 0 Å². The fourth-order valence-corrected chi connectivity index (χ4v) is 3.07. The monoisotopic (exact) mass is 505 g/mol. The summed E-state index contributed by atoms with van der Waals surface area (Å²) < 4.78 is 7.28. The summed E-state index contributed by atoms with van der Waals surface area (Å²) in [5.41, 5.74) is 3.67. The molecule has 0 aliphatic carbocycles. The van der Waals surface area contributed by atoms with Gasteiger partial charge >= 0.3 is 0 Å². The predicted molar refractivity (Wildman–Crippen MR) is 128 cm³/mol. The highest BCUT2D eigenvalue weighted by Gasteiger charge is 2.07. The van der Waals surface area contributed by atoms with Gasteiger partial charge in [0.25, 0.3) is 0 Å². The Labute approximate surface area is 189 Å². The molecule has 0 bridgehead atoms. The molecule has 0 spiro atoms. The van der Waals surface area contributed by atoms with Gasteiger partial charge in [-0.2, -0.15) is 0 Å². The van der Waals surface area contributed by atoms with Gasteiger partial charge in [-0.15, -0.1) is 24.0 Å². The van der Waals surface area contributed by atoms with Gasteiger partial charge in [-0.25, -0.2) is 4.98 Å². The molecule has 6 nitrogen and oxygen atoms in total. The molecule has 7 heteroatoms. The summed E-state index contributed by atoms with van der Waals surface area (Å²) in [4.78, 5) is 10.6. The molecule has 1 heterocycles. The Balaban J connectivity index is 0.00000300. The quantitative estimate of drug-likeness (QED) is 0.302. The zero-order valence-electron chi connectivity index (χ0n) is 17.1. The zero-order chi connectivity index (χ0) is 19.8. The standard InChI is InChI=1S/C22H27N5O.HI/c1-23-22(26(2)15-18-7-9-21(28-3)10-8-18)25-14-19-5-4-6-20(13-19)16-27-12-11-24-17-27;/h4-13,17H,14-16H2,1-3H3,(H,23,25);1H. The van der Waals surface area contributed by atoms with E-state index in [0.717, 1.165) is 31.3 Å². The minimum absolute atomic E-state index is 0. The van der Waals surface area contributed by atoms with Crippen LogP contribution in [0.5, 0.6) is 5.75 Å². The van der Waals surface area contributed by atoms with Gasteiger partial charge in [0.1, 0.15) is 5.75 Å². The van der Waals surface area contributed by atoms with Gasteiger partial charge in [0.05, 0.1) is 13.4 Å². The summed E-state index contributed by atoms with van der Waals surface area (Å²) in [7, 11) is 5.52. The van der Waals surface area contributed by atoms with E-state index in [4.69, 9.17) is 4.74 Å². The van der Waals surface area contributed by atoms with Gasteiger partial charge in [-0.05, 0) is 28.8 Å². The Bertz CT molecular complexity index is 894. The van der Waals surface area contributed by atoms with E-state index in [1.54, 1.807) is 13.3 Å². The van der Waals surface area contributed by atoms with E-state index in [1.807, 2.05) is 38.8 Å². The largest absolute Gasteiger partial charge is 0.497 e. The number of aliphatic imine (C=N–C) groups is 1. The number of rotatable bonds is 7. The second-order valence-electron chi connectivity index (χ2n) is 6.66. The van der Waals surface area contributed by atoms with Crippen LogP contribution >= 0.6 is 24.0 Å². The van der Waals surface area contributed by atoms with Crippen LogP contribution in [0.15, 0.2) is 72.2 Å². The van der Waals surface area contributed by atoms with E-state index in [1.165, 1.54) is 16.7 Å². The number of nitrogens with one attached hydrogen (secondary N) is 1. The molecule has 3 rings (SSSR count). The zero-order valence-corrected chi connectivity index (χ0v) is 19.4. The van der Waals surface area contributed by atoms with E-state index >= 15 is 0 Å². The third-order valence-corrected chi connectivity index (χ3v) is 4.52. The van der Waals surface area contributed by atoms with Gasteiger partial charge in [0.15, 0.2) is 5.96 Å². The number of methoxy groups -OCH3 is 1.